The molecule has 2 atom stereocenters. The molecule has 4 aliphatic heterocycles. The Balaban J connectivity index is 0.911. The Hall–Kier alpha value is -5.93. The molecule has 6 rings (SSSR count). The zero-order chi connectivity index (χ0) is 45.1. The molecule has 2 unspecified atom stereocenters. The van der Waals surface area contributed by atoms with Crippen molar-refractivity contribution < 1.29 is 52.6 Å². The Labute approximate surface area is 361 Å². The standard InChI is InChI=1S/C46H57N5O11/c1-45(2,3)61-43(59)50-37(53)24-22-34(41(50)57)48-26-31-28(17-14-18-29(31)39(48)55)16-12-10-8-7-9-11-13-21-36(52)47-33-20-15-19-30-32(33)27-49(40(30)56)35-23-25-38(54)51(42(35)58)44(60)62-46(4,5)6/h14-15,17-20,34-35H,7-13,16,21-27H2,1-6H3,(H,47,52). The van der Waals surface area contributed by atoms with E-state index in [1.807, 2.05) is 12.1 Å². The van der Waals surface area contributed by atoms with Crippen LogP contribution in [0.4, 0.5) is 15.3 Å². The van der Waals surface area contributed by atoms with E-state index in [1.54, 1.807) is 65.8 Å². The average Bonchev–Trinajstić information content (AvgIpc) is 3.69. The summed E-state index contributed by atoms with van der Waals surface area (Å²) in [6, 6.07) is 8.64. The van der Waals surface area contributed by atoms with Crippen molar-refractivity contribution in [2.24, 2.45) is 0 Å². The number of nitrogens with zero attached hydrogens (tertiary/aromatic N) is 4. The number of amides is 9. The van der Waals surface area contributed by atoms with Gasteiger partial charge in [0.05, 0.1) is 0 Å². The number of benzene rings is 2. The van der Waals surface area contributed by atoms with Gasteiger partial charge in [-0.3, -0.25) is 33.6 Å². The molecule has 4 aliphatic rings. The number of nitrogens with one attached hydrogen (secondary N) is 1. The van der Waals surface area contributed by atoms with Crippen molar-refractivity contribution >= 4 is 59.2 Å². The van der Waals surface area contributed by atoms with E-state index in [-0.39, 0.29) is 50.6 Å². The Bertz CT molecular complexity index is 2170. The van der Waals surface area contributed by atoms with Crippen molar-refractivity contribution in [1.29, 1.82) is 0 Å². The molecule has 2 aromatic carbocycles. The molecule has 2 fully saturated rings. The highest BCUT2D eigenvalue weighted by Crippen LogP contribution is 2.35. The third kappa shape index (κ3) is 10.2. The zero-order valence-electron chi connectivity index (χ0n) is 36.5. The summed E-state index contributed by atoms with van der Waals surface area (Å²) in [7, 11) is 0. The van der Waals surface area contributed by atoms with Crippen LogP contribution in [0.3, 0.4) is 0 Å². The zero-order valence-corrected chi connectivity index (χ0v) is 36.5. The number of fused-ring (bicyclic) bond motifs is 2. The average molecular weight is 856 g/mol. The highest BCUT2D eigenvalue weighted by Gasteiger charge is 2.48. The van der Waals surface area contributed by atoms with Crippen LogP contribution < -0.4 is 5.32 Å². The first-order valence-corrected chi connectivity index (χ1v) is 21.6. The molecule has 0 spiro atoms. The lowest BCUT2D eigenvalue weighted by Gasteiger charge is -2.35. The van der Waals surface area contributed by atoms with E-state index in [0.29, 0.717) is 45.0 Å². The smallest absolute Gasteiger partial charge is 0.424 e. The fourth-order valence-corrected chi connectivity index (χ4v) is 8.44. The molecular formula is C46H57N5O11. The van der Waals surface area contributed by atoms with Crippen molar-refractivity contribution in [3.8, 4) is 0 Å². The highest BCUT2D eigenvalue weighted by molar-refractivity contribution is 6.15. The van der Waals surface area contributed by atoms with Gasteiger partial charge in [-0.1, -0.05) is 50.3 Å². The fourth-order valence-electron chi connectivity index (χ4n) is 8.44. The molecule has 1 N–H and O–H groups in total. The quantitative estimate of drug-likeness (QED) is 0.164. The maximum absolute atomic E-state index is 13.5. The van der Waals surface area contributed by atoms with Crippen LogP contribution in [-0.2, 0) is 53.0 Å². The van der Waals surface area contributed by atoms with Crippen LogP contribution >= 0.6 is 0 Å². The summed E-state index contributed by atoms with van der Waals surface area (Å²) in [6.07, 6.45) is 5.43. The highest BCUT2D eigenvalue weighted by atomic mass is 16.6. The molecule has 4 heterocycles. The normalized spacial score (nSPS) is 19.3. The minimum absolute atomic E-state index is 0.0432. The van der Waals surface area contributed by atoms with E-state index >= 15 is 0 Å². The predicted molar refractivity (Wildman–Crippen MR) is 224 cm³/mol. The van der Waals surface area contributed by atoms with Gasteiger partial charge in [0.2, 0.25) is 17.7 Å². The Morgan fingerprint density at radius 1 is 0.613 bits per heavy atom. The lowest BCUT2D eigenvalue weighted by Crippen LogP contribution is -2.57. The summed E-state index contributed by atoms with van der Waals surface area (Å²) in [5.41, 5.74) is 2.04. The van der Waals surface area contributed by atoms with Gasteiger partial charge >= 0.3 is 12.2 Å². The van der Waals surface area contributed by atoms with Crippen LogP contribution in [0.25, 0.3) is 0 Å². The molecule has 332 valence electrons. The van der Waals surface area contributed by atoms with Gasteiger partial charge in [-0.05, 0) is 103 Å². The molecule has 0 aromatic heterocycles. The monoisotopic (exact) mass is 855 g/mol. The molecule has 0 radical (unpaired) electrons. The number of anilines is 1. The molecule has 2 saturated heterocycles. The Morgan fingerprint density at radius 2 is 1.06 bits per heavy atom. The molecule has 62 heavy (non-hydrogen) atoms. The van der Waals surface area contributed by atoms with Gasteiger partial charge in [0.15, 0.2) is 0 Å². The summed E-state index contributed by atoms with van der Waals surface area (Å²) in [6.45, 7) is 10.1. The molecule has 16 heteroatoms. The number of carbonyl (C=O) groups excluding carboxylic acids is 9. The Morgan fingerprint density at radius 3 is 1.58 bits per heavy atom. The number of unbranched alkanes of at least 4 members (excludes halogenated alkanes) is 6. The van der Waals surface area contributed by atoms with Gasteiger partial charge in [-0.2, -0.15) is 9.80 Å². The number of likely N-dealkylation sites (tertiary alicyclic amines) is 2. The van der Waals surface area contributed by atoms with Crippen molar-refractivity contribution in [3.05, 3.63) is 64.2 Å². The number of ether oxygens (including phenoxy) is 2. The molecule has 0 aliphatic carbocycles. The predicted octanol–water partition coefficient (Wildman–Crippen LogP) is 6.81. The number of carbonyl (C=O) groups is 9. The van der Waals surface area contributed by atoms with Crippen LogP contribution in [0.15, 0.2) is 36.4 Å². The van der Waals surface area contributed by atoms with Crippen LogP contribution in [0, 0.1) is 0 Å². The summed E-state index contributed by atoms with van der Waals surface area (Å²) < 4.78 is 10.6. The summed E-state index contributed by atoms with van der Waals surface area (Å²) in [5.74, 6) is -3.75. The van der Waals surface area contributed by atoms with Gasteiger partial charge in [0.1, 0.15) is 23.3 Å². The van der Waals surface area contributed by atoms with Crippen molar-refractivity contribution in [2.45, 2.75) is 161 Å². The molecule has 9 amide bonds. The number of hydrogen-bond acceptors (Lipinski definition) is 11. The molecular weight excluding hydrogens is 799 g/mol. The third-order valence-corrected chi connectivity index (χ3v) is 11.4. The van der Waals surface area contributed by atoms with E-state index in [2.05, 4.69) is 5.32 Å². The van der Waals surface area contributed by atoms with E-state index in [0.717, 1.165) is 56.1 Å². The summed E-state index contributed by atoms with van der Waals surface area (Å²) in [5, 5.41) is 2.93. The van der Waals surface area contributed by atoms with Gasteiger partial charge in [0, 0.05) is 54.7 Å². The fraction of sp³-hybridized carbons (Fsp3) is 0.543. The van der Waals surface area contributed by atoms with Crippen LogP contribution in [0.2, 0.25) is 0 Å². The maximum Gasteiger partial charge on any atom is 0.424 e. The number of rotatable bonds is 13. The van der Waals surface area contributed by atoms with Crippen molar-refractivity contribution in [2.75, 3.05) is 5.32 Å². The first-order chi connectivity index (χ1) is 29.3. The van der Waals surface area contributed by atoms with E-state index in [4.69, 9.17) is 9.47 Å². The lowest BCUT2D eigenvalue weighted by atomic mass is 9.98. The number of hydrogen-bond donors (Lipinski definition) is 1. The first kappa shape index (κ1) is 45.6. The van der Waals surface area contributed by atoms with Crippen LogP contribution in [0.1, 0.15) is 156 Å². The molecule has 0 saturated carbocycles. The molecule has 16 nitrogen and oxygen atoms in total. The first-order valence-electron chi connectivity index (χ1n) is 21.6. The maximum atomic E-state index is 13.5. The second-order valence-corrected chi connectivity index (χ2v) is 18.4. The summed E-state index contributed by atoms with van der Waals surface area (Å²) in [4.78, 5) is 121. The largest absolute Gasteiger partial charge is 0.443 e. The van der Waals surface area contributed by atoms with Crippen molar-refractivity contribution in [3.63, 3.8) is 0 Å². The van der Waals surface area contributed by atoms with Crippen molar-refractivity contribution in [1.82, 2.24) is 19.6 Å². The van der Waals surface area contributed by atoms with Crippen LogP contribution in [0.5, 0.6) is 0 Å². The minimum Gasteiger partial charge on any atom is -0.443 e. The van der Waals surface area contributed by atoms with E-state index < -0.39 is 65.0 Å². The van der Waals surface area contributed by atoms with Gasteiger partial charge in [0.25, 0.3) is 23.6 Å². The van der Waals surface area contributed by atoms with E-state index in [9.17, 15) is 43.2 Å². The minimum atomic E-state index is -1.07. The van der Waals surface area contributed by atoms with Gasteiger partial charge < -0.3 is 24.6 Å². The number of piperidine rings is 2. The SMILES string of the molecule is CC(C)(C)OC(=O)N1C(=O)CCC(N2Cc3c(CCCCCCCCCC(=O)Nc4cccc5c4CN(C4CCC(=O)N(C(=O)OC(C)(C)C)C4=O)C5=O)cccc3C2=O)C1=O. The lowest BCUT2D eigenvalue weighted by molar-refractivity contribution is -0.152. The Kier molecular flexibility index (Phi) is 13.7. The van der Waals surface area contributed by atoms with Crippen LogP contribution in [-0.4, -0.2) is 96.4 Å². The summed E-state index contributed by atoms with van der Waals surface area (Å²) >= 11 is 0. The van der Waals surface area contributed by atoms with Gasteiger partial charge in [-0.25, -0.2) is 9.59 Å². The number of aryl methyl sites for hydroxylation is 1. The number of imide groups is 6. The molecule has 0 bridgehead atoms. The second kappa shape index (κ2) is 18.6. The van der Waals surface area contributed by atoms with E-state index in [1.165, 1.54) is 9.80 Å². The van der Waals surface area contributed by atoms with Gasteiger partial charge in [-0.15, -0.1) is 0 Å². The topological polar surface area (TPSA) is 197 Å². The second-order valence-electron chi connectivity index (χ2n) is 18.4. The molecule has 2 aromatic rings. The third-order valence-electron chi connectivity index (χ3n) is 11.4.